The molecular weight excluding hydrogens is 411 g/mol. The number of nitrogens with zero attached hydrogens (tertiary/aromatic N) is 2. The maximum Gasteiger partial charge on any atom is 0.189 e. The molecule has 4 nitrogen and oxygen atoms in total. The highest BCUT2D eigenvalue weighted by atomic mass is 127. The first kappa shape index (κ1) is 21.2. The third kappa shape index (κ3) is 6.97. The van der Waals surface area contributed by atoms with Gasteiger partial charge in [-0.05, 0) is 50.8 Å². The van der Waals surface area contributed by atoms with Gasteiger partial charge in [0.2, 0.25) is 0 Å². The van der Waals surface area contributed by atoms with Crippen LogP contribution >= 0.6 is 24.0 Å². The molecule has 2 unspecified atom stereocenters. The molecule has 1 aromatic rings. The van der Waals surface area contributed by atoms with Crippen molar-refractivity contribution >= 4 is 29.9 Å². The molecular formula is C19H33IN4. The Labute approximate surface area is 164 Å². The molecule has 0 aromatic heterocycles. The number of rotatable bonds is 6. The highest BCUT2D eigenvalue weighted by molar-refractivity contribution is 14.0. The summed E-state index contributed by atoms with van der Waals surface area (Å²) in [4.78, 5) is 7.00. The van der Waals surface area contributed by atoms with Crippen LogP contribution in [0.2, 0.25) is 0 Å². The lowest BCUT2D eigenvalue weighted by Crippen LogP contribution is -2.38. The van der Waals surface area contributed by atoms with Crippen molar-refractivity contribution in [3.05, 3.63) is 35.4 Å². The van der Waals surface area contributed by atoms with Gasteiger partial charge in [-0.15, -0.1) is 24.0 Å². The number of halogens is 1. The Bertz CT molecular complexity index is 501. The van der Waals surface area contributed by atoms with E-state index in [1.54, 1.807) is 0 Å². The van der Waals surface area contributed by atoms with Crippen molar-refractivity contribution in [3.8, 4) is 0 Å². The van der Waals surface area contributed by atoms with E-state index in [2.05, 4.69) is 60.2 Å². The van der Waals surface area contributed by atoms with Crippen LogP contribution in [0.1, 0.15) is 57.6 Å². The van der Waals surface area contributed by atoms with Crippen molar-refractivity contribution in [1.82, 2.24) is 10.2 Å². The molecule has 2 atom stereocenters. The molecule has 0 amide bonds. The van der Waals surface area contributed by atoms with Crippen LogP contribution in [0.4, 0.5) is 0 Å². The predicted molar refractivity (Wildman–Crippen MR) is 114 cm³/mol. The van der Waals surface area contributed by atoms with E-state index in [0.717, 1.165) is 13.0 Å². The molecule has 24 heavy (non-hydrogen) atoms. The van der Waals surface area contributed by atoms with Gasteiger partial charge in [0.1, 0.15) is 0 Å². The van der Waals surface area contributed by atoms with Crippen molar-refractivity contribution in [2.75, 3.05) is 6.54 Å². The van der Waals surface area contributed by atoms with Crippen LogP contribution in [0.3, 0.4) is 0 Å². The average molecular weight is 444 g/mol. The molecule has 0 saturated carbocycles. The Morgan fingerprint density at radius 1 is 1.29 bits per heavy atom. The topological polar surface area (TPSA) is 53.6 Å². The largest absolute Gasteiger partial charge is 0.370 e. The van der Waals surface area contributed by atoms with E-state index in [1.807, 2.05) is 0 Å². The number of hydrogen-bond acceptors (Lipinski definition) is 2. The van der Waals surface area contributed by atoms with E-state index in [1.165, 1.54) is 36.9 Å². The minimum atomic E-state index is 0. The lowest BCUT2D eigenvalue weighted by Gasteiger charge is -2.33. The monoisotopic (exact) mass is 444 g/mol. The quantitative estimate of drug-likeness (QED) is 0.398. The molecule has 5 heteroatoms. The number of piperidine rings is 1. The van der Waals surface area contributed by atoms with Crippen LogP contribution in [-0.4, -0.2) is 29.5 Å². The first-order chi connectivity index (χ1) is 11.1. The van der Waals surface area contributed by atoms with Crippen LogP contribution in [-0.2, 0) is 13.1 Å². The average Bonchev–Trinajstić information content (AvgIpc) is 2.56. The van der Waals surface area contributed by atoms with Crippen molar-refractivity contribution in [3.63, 3.8) is 0 Å². The normalized spacial score (nSPS) is 20.3. The summed E-state index contributed by atoms with van der Waals surface area (Å²) in [5.74, 6) is 0.533. The number of benzene rings is 1. The molecule has 2 rings (SSSR count). The van der Waals surface area contributed by atoms with Crippen molar-refractivity contribution in [2.24, 2.45) is 10.7 Å². The maximum absolute atomic E-state index is 5.90. The first-order valence-corrected chi connectivity index (χ1v) is 8.96. The fourth-order valence-corrected chi connectivity index (χ4v) is 2.95. The molecule has 3 N–H and O–H groups in total. The fourth-order valence-electron chi connectivity index (χ4n) is 2.95. The summed E-state index contributed by atoms with van der Waals surface area (Å²) in [5.41, 5.74) is 8.49. The summed E-state index contributed by atoms with van der Waals surface area (Å²) < 4.78 is 0. The van der Waals surface area contributed by atoms with Gasteiger partial charge < -0.3 is 11.1 Å². The zero-order valence-corrected chi connectivity index (χ0v) is 17.6. The van der Waals surface area contributed by atoms with Gasteiger partial charge in [-0.1, -0.05) is 37.6 Å². The summed E-state index contributed by atoms with van der Waals surface area (Å²) in [6.45, 7) is 9.50. The fraction of sp³-hybridized carbons (Fsp3) is 0.632. The van der Waals surface area contributed by atoms with Gasteiger partial charge in [-0.25, -0.2) is 4.99 Å². The molecule has 1 aromatic carbocycles. The standard InChI is InChI=1S/C19H32N4.HI/c1-4-15(2)22-19(20)21-13-17-8-10-18(11-9-17)14-23-12-6-5-7-16(23)3;/h8-11,15-16H,4-7,12-14H2,1-3H3,(H3,20,21,22);1H. The Kier molecular flexibility index (Phi) is 9.66. The number of nitrogens with two attached hydrogens (primary N) is 1. The molecule has 1 heterocycles. The van der Waals surface area contributed by atoms with Gasteiger partial charge >= 0.3 is 0 Å². The van der Waals surface area contributed by atoms with Crippen LogP contribution in [0.5, 0.6) is 0 Å². The molecule has 1 saturated heterocycles. The molecule has 1 fully saturated rings. The summed E-state index contributed by atoms with van der Waals surface area (Å²) >= 11 is 0. The highest BCUT2D eigenvalue weighted by Crippen LogP contribution is 2.19. The van der Waals surface area contributed by atoms with Crippen molar-refractivity contribution in [2.45, 2.75) is 71.6 Å². The molecule has 0 bridgehead atoms. The summed E-state index contributed by atoms with van der Waals surface area (Å²) in [5, 5.41) is 3.19. The second-order valence-corrected chi connectivity index (χ2v) is 6.79. The number of guanidine groups is 1. The number of nitrogens with one attached hydrogen (secondary N) is 1. The van der Waals surface area contributed by atoms with E-state index < -0.39 is 0 Å². The van der Waals surface area contributed by atoms with Crippen LogP contribution in [0.15, 0.2) is 29.3 Å². The maximum atomic E-state index is 5.90. The summed E-state index contributed by atoms with van der Waals surface area (Å²) in [6, 6.07) is 9.87. The smallest absolute Gasteiger partial charge is 0.189 e. The van der Waals surface area contributed by atoms with Gasteiger partial charge in [0, 0.05) is 18.6 Å². The Morgan fingerprint density at radius 2 is 1.96 bits per heavy atom. The van der Waals surface area contributed by atoms with E-state index >= 15 is 0 Å². The SMILES string of the molecule is CCC(C)NC(N)=NCc1ccc(CN2CCCCC2C)cc1.I. The Morgan fingerprint density at radius 3 is 2.58 bits per heavy atom. The highest BCUT2D eigenvalue weighted by Gasteiger charge is 2.17. The number of hydrogen-bond donors (Lipinski definition) is 2. The van der Waals surface area contributed by atoms with Crippen LogP contribution < -0.4 is 11.1 Å². The zero-order chi connectivity index (χ0) is 16.7. The number of aliphatic imine (C=N–C) groups is 1. The van der Waals surface area contributed by atoms with E-state index in [-0.39, 0.29) is 24.0 Å². The summed E-state index contributed by atoms with van der Waals surface area (Å²) in [7, 11) is 0. The summed E-state index contributed by atoms with van der Waals surface area (Å²) in [6.07, 6.45) is 5.08. The van der Waals surface area contributed by atoms with E-state index in [0.29, 0.717) is 24.6 Å². The molecule has 136 valence electrons. The third-order valence-electron chi connectivity index (χ3n) is 4.79. The first-order valence-electron chi connectivity index (χ1n) is 8.96. The van der Waals surface area contributed by atoms with Crippen molar-refractivity contribution < 1.29 is 0 Å². The van der Waals surface area contributed by atoms with Crippen molar-refractivity contribution in [1.29, 1.82) is 0 Å². The molecule has 0 spiro atoms. The second-order valence-electron chi connectivity index (χ2n) is 6.79. The predicted octanol–water partition coefficient (Wildman–Crippen LogP) is 3.88. The lowest BCUT2D eigenvalue weighted by molar-refractivity contribution is 0.152. The Balaban J connectivity index is 0.00000288. The van der Waals surface area contributed by atoms with Gasteiger partial charge in [0.15, 0.2) is 5.96 Å². The molecule has 1 aliphatic rings. The van der Waals surface area contributed by atoms with Gasteiger partial charge in [0.05, 0.1) is 6.54 Å². The van der Waals surface area contributed by atoms with Crippen LogP contribution in [0.25, 0.3) is 0 Å². The van der Waals surface area contributed by atoms with Gasteiger partial charge in [-0.2, -0.15) is 0 Å². The third-order valence-corrected chi connectivity index (χ3v) is 4.79. The lowest BCUT2D eigenvalue weighted by atomic mass is 10.0. The van der Waals surface area contributed by atoms with Gasteiger partial charge in [0.25, 0.3) is 0 Å². The molecule has 0 radical (unpaired) electrons. The molecule has 0 aliphatic carbocycles. The second kappa shape index (κ2) is 10.9. The van der Waals surface area contributed by atoms with E-state index in [4.69, 9.17) is 5.73 Å². The van der Waals surface area contributed by atoms with Crippen LogP contribution in [0, 0.1) is 0 Å². The van der Waals surface area contributed by atoms with Gasteiger partial charge in [-0.3, -0.25) is 4.90 Å². The number of likely N-dealkylation sites (tertiary alicyclic amines) is 1. The minimum absolute atomic E-state index is 0. The zero-order valence-electron chi connectivity index (χ0n) is 15.3. The Hall–Kier alpha value is -0.820. The minimum Gasteiger partial charge on any atom is -0.370 e. The molecule has 1 aliphatic heterocycles. The van der Waals surface area contributed by atoms with E-state index in [9.17, 15) is 0 Å².